The molecule has 1 aromatic rings. The molecular weight excluding hydrogens is 254 g/mol. The van der Waals surface area contributed by atoms with Crippen LogP contribution in [0.25, 0.3) is 0 Å². The molecule has 0 spiro atoms. The molecule has 0 radical (unpaired) electrons. The van der Waals surface area contributed by atoms with Gasteiger partial charge in [-0.25, -0.2) is 0 Å². The molecule has 1 atom stereocenters. The summed E-state index contributed by atoms with van der Waals surface area (Å²) < 4.78 is 0. The maximum absolute atomic E-state index is 6.82. The molecule has 4 aliphatic carbocycles. The van der Waals surface area contributed by atoms with Gasteiger partial charge >= 0.3 is 0 Å². The lowest BCUT2D eigenvalue weighted by Crippen LogP contribution is -2.55. The lowest BCUT2D eigenvalue weighted by molar-refractivity contribution is -0.0667. The number of nitrogens with two attached hydrogens (primary N) is 1. The molecule has 4 saturated carbocycles. The summed E-state index contributed by atoms with van der Waals surface area (Å²) in [6.07, 6.45) is 9.88. The van der Waals surface area contributed by atoms with Crippen LogP contribution in [0.2, 0.25) is 0 Å². The van der Waals surface area contributed by atoms with Gasteiger partial charge in [0.25, 0.3) is 0 Å². The molecule has 4 aliphatic rings. The topological polar surface area (TPSA) is 26.0 Å². The van der Waals surface area contributed by atoms with Gasteiger partial charge in [0.15, 0.2) is 0 Å². The van der Waals surface area contributed by atoms with E-state index in [4.69, 9.17) is 5.73 Å². The molecule has 4 fully saturated rings. The van der Waals surface area contributed by atoms with E-state index in [0.717, 1.165) is 24.2 Å². The Morgan fingerprint density at radius 2 is 1.62 bits per heavy atom. The zero-order valence-corrected chi connectivity index (χ0v) is 13.6. The summed E-state index contributed by atoms with van der Waals surface area (Å²) in [7, 11) is 0. The van der Waals surface area contributed by atoms with E-state index in [2.05, 4.69) is 32.0 Å². The van der Waals surface area contributed by atoms with Crippen molar-refractivity contribution < 1.29 is 0 Å². The average molecular weight is 283 g/mol. The van der Waals surface area contributed by atoms with Crippen molar-refractivity contribution in [2.45, 2.75) is 64.8 Å². The molecule has 4 bridgehead atoms. The molecule has 114 valence electrons. The van der Waals surface area contributed by atoms with Crippen molar-refractivity contribution in [2.24, 2.45) is 28.9 Å². The second kappa shape index (κ2) is 4.84. The number of aryl methyl sites for hydroxylation is 2. The van der Waals surface area contributed by atoms with Crippen molar-refractivity contribution in [3.05, 3.63) is 34.9 Å². The maximum atomic E-state index is 6.82. The second-order valence-corrected chi connectivity index (χ2v) is 8.52. The molecule has 0 heterocycles. The standard InChI is InChI=1S/C20H29N/c1-13-3-4-14(2)18(5-13)9-19(21)20-10-15-6-16(11-20)8-17(7-15)12-20/h3-5,15-17,19H,6-12,21H2,1-2H3. The Morgan fingerprint density at radius 3 is 2.19 bits per heavy atom. The third-order valence-electron chi connectivity index (χ3n) is 6.82. The number of hydrogen-bond donors (Lipinski definition) is 1. The Labute approximate surface area is 129 Å². The molecule has 2 N–H and O–H groups in total. The van der Waals surface area contributed by atoms with Crippen LogP contribution >= 0.6 is 0 Å². The van der Waals surface area contributed by atoms with E-state index >= 15 is 0 Å². The minimum absolute atomic E-state index is 0.367. The Bertz CT molecular complexity index is 509. The lowest BCUT2D eigenvalue weighted by atomic mass is 9.47. The highest BCUT2D eigenvalue weighted by Gasteiger charge is 2.53. The van der Waals surface area contributed by atoms with Gasteiger partial charge in [0.2, 0.25) is 0 Å². The molecule has 1 heteroatoms. The third-order valence-corrected chi connectivity index (χ3v) is 6.82. The van der Waals surface area contributed by atoms with Crippen molar-refractivity contribution in [1.29, 1.82) is 0 Å². The van der Waals surface area contributed by atoms with E-state index in [1.165, 1.54) is 55.2 Å². The average Bonchev–Trinajstić information content (AvgIpc) is 2.41. The van der Waals surface area contributed by atoms with Crippen LogP contribution in [-0.4, -0.2) is 6.04 Å². The van der Waals surface area contributed by atoms with Gasteiger partial charge in [0.05, 0.1) is 0 Å². The van der Waals surface area contributed by atoms with Crippen molar-refractivity contribution >= 4 is 0 Å². The van der Waals surface area contributed by atoms with Crippen LogP contribution < -0.4 is 5.73 Å². The first kappa shape index (κ1) is 13.8. The number of rotatable bonds is 3. The van der Waals surface area contributed by atoms with Gasteiger partial charge in [0.1, 0.15) is 0 Å². The minimum atomic E-state index is 0.367. The van der Waals surface area contributed by atoms with Crippen LogP contribution in [0.5, 0.6) is 0 Å². The molecular formula is C20H29N. The van der Waals surface area contributed by atoms with E-state index in [0.29, 0.717) is 11.5 Å². The molecule has 0 aromatic heterocycles. The van der Waals surface area contributed by atoms with Crippen molar-refractivity contribution in [3.8, 4) is 0 Å². The van der Waals surface area contributed by atoms with Gasteiger partial charge < -0.3 is 5.73 Å². The quantitative estimate of drug-likeness (QED) is 0.874. The smallest absolute Gasteiger partial charge is 0.0137 e. The normalized spacial score (nSPS) is 38.7. The summed E-state index contributed by atoms with van der Waals surface area (Å²) in [4.78, 5) is 0. The Kier molecular flexibility index (Phi) is 3.19. The van der Waals surface area contributed by atoms with Crippen LogP contribution in [0, 0.1) is 37.0 Å². The maximum Gasteiger partial charge on any atom is 0.0137 e. The van der Waals surface area contributed by atoms with Crippen LogP contribution in [0.4, 0.5) is 0 Å². The SMILES string of the molecule is Cc1ccc(C)c(CC(N)C23CC4CC(CC(C4)C2)C3)c1. The van der Waals surface area contributed by atoms with Gasteiger partial charge in [-0.3, -0.25) is 0 Å². The Balaban J connectivity index is 1.57. The predicted octanol–water partition coefficient (Wildman–Crippen LogP) is 4.39. The highest BCUT2D eigenvalue weighted by molar-refractivity contribution is 5.31. The van der Waals surface area contributed by atoms with E-state index in [-0.39, 0.29) is 0 Å². The lowest BCUT2D eigenvalue weighted by Gasteiger charge is -2.59. The van der Waals surface area contributed by atoms with Crippen LogP contribution in [0.1, 0.15) is 55.2 Å². The monoisotopic (exact) mass is 283 g/mol. The van der Waals surface area contributed by atoms with Crippen LogP contribution in [0.15, 0.2) is 18.2 Å². The highest BCUT2D eigenvalue weighted by Crippen LogP contribution is 2.61. The van der Waals surface area contributed by atoms with Gasteiger partial charge in [-0.15, -0.1) is 0 Å². The van der Waals surface area contributed by atoms with Gasteiger partial charge in [-0.2, -0.15) is 0 Å². The second-order valence-electron chi connectivity index (χ2n) is 8.52. The molecule has 21 heavy (non-hydrogen) atoms. The zero-order chi connectivity index (χ0) is 14.6. The summed E-state index contributed by atoms with van der Waals surface area (Å²) >= 11 is 0. The van der Waals surface area contributed by atoms with E-state index in [9.17, 15) is 0 Å². The van der Waals surface area contributed by atoms with Crippen molar-refractivity contribution in [1.82, 2.24) is 0 Å². The Morgan fingerprint density at radius 1 is 1.05 bits per heavy atom. The fraction of sp³-hybridized carbons (Fsp3) is 0.700. The molecule has 0 amide bonds. The fourth-order valence-corrected chi connectivity index (χ4v) is 6.11. The van der Waals surface area contributed by atoms with Gasteiger partial charge in [-0.1, -0.05) is 23.8 Å². The summed E-state index contributed by atoms with van der Waals surface area (Å²) in [6.45, 7) is 4.43. The van der Waals surface area contributed by atoms with Crippen LogP contribution in [0.3, 0.4) is 0 Å². The first-order valence-electron chi connectivity index (χ1n) is 8.86. The Hall–Kier alpha value is -0.820. The van der Waals surface area contributed by atoms with E-state index < -0.39 is 0 Å². The van der Waals surface area contributed by atoms with E-state index in [1.54, 1.807) is 0 Å². The van der Waals surface area contributed by atoms with Crippen molar-refractivity contribution in [2.75, 3.05) is 0 Å². The van der Waals surface area contributed by atoms with Crippen LogP contribution in [-0.2, 0) is 6.42 Å². The summed E-state index contributed by atoms with van der Waals surface area (Å²) in [5.74, 6) is 3.00. The molecule has 1 aromatic carbocycles. The van der Waals surface area contributed by atoms with Crippen molar-refractivity contribution in [3.63, 3.8) is 0 Å². The summed E-state index contributed by atoms with van der Waals surface area (Å²) in [5, 5.41) is 0. The zero-order valence-electron chi connectivity index (χ0n) is 13.6. The minimum Gasteiger partial charge on any atom is -0.327 e. The number of benzene rings is 1. The summed E-state index contributed by atoms with van der Waals surface area (Å²) in [6, 6.07) is 7.20. The molecule has 1 nitrogen and oxygen atoms in total. The molecule has 0 saturated heterocycles. The first-order valence-corrected chi connectivity index (χ1v) is 8.86. The third kappa shape index (κ3) is 2.34. The molecule has 1 unspecified atom stereocenters. The predicted molar refractivity (Wildman–Crippen MR) is 88.2 cm³/mol. The first-order chi connectivity index (χ1) is 10.0. The number of hydrogen-bond acceptors (Lipinski definition) is 1. The van der Waals surface area contributed by atoms with Gasteiger partial charge in [0, 0.05) is 6.04 Å². The molecule has 5 rings (SSSR count). The van der Waals surface area contributed by atoms with Gasteiger partial charge in [-0.05, 0) is 93.1 Å². The van der Waals surface area contributed by atoms with E-state index in [1.807, 2.05) is 0 Å². The fourth-order valence-electron chi connectivity index (χ4n) is 6.11. The largest absolute Gasteiger partial charge is 0.327 e. The summed E-state index contributed by atoms with van der Waals surface area (Å²) in [5.41, 5.74) is 11.6. The highest BCUT2D eigenvalue weighted by atomic mass is 14.7. The molecule has 0 aliphatic heterocycles.